The third kappa shape index (κ3) is 4.27. The minimum Gasteiger partial charge on any atom is -0.410 e. The molecule has 0 aromatic heterocycles. The largest absolute Gasteiger partial charge is 0.419 e. The number of carbonyl (C=O) groups is 1. The molecule has 2 aliphatic rings. The summed E-state index contributed by atoms with van der Waals surface area (Å²) in [6.07, 6.45) is 12.4. The monoisotopic (exact) mass is 397 g/mol. The SMILES string of the molecule is CC[Si](CC)(CC)C1=CC=CN(C(=O)Oc2ccccc2)C1C1CCCCC1. The van der Waals surface area contributed by atoms with Crippen LogP contribution in [-0.4, -0.2) is 25.1 Å². The van der Waals surface area contributed by atoms with E-state index in [9.17, 15) is 4.79 Å². The second-order valence-electron chi connectivity index (χ2n) is 8.24. The maximum absolute atomic E-state index is 13.2. The molecule has 3 nitrogen and oxygen atoms in total. The van der Waals surface area contributed by atoms with Crippen molar-refractivity contribution in [1.82, 2.24) is 4.90 Å². The number of amides is 1. The molecule has 0 radical (unpaired) electrons. The number of benzene rings is 1. The first-order chi connectivity index (χ1) is 13.6. The number of rotatable bonds is 6. The Morgan fingerprint density at radius 2 is 1.68 bits per heavy atom. The molecule has 0 spiro atoms. The van der Waals surface area contributed by atoms with Gasteiger partial charge in [0.1, 0.15) is 5.75 Å². The van der Waals surface area contributed by atoms with Crippen LogP contribution in [0.15, 0.2) is 53.9 Å². The van der Waals surface area contributed by atoms with E-state index in [0.29, 0.717) is 11.7 Å². The van der Waals surface area contributed by atoms with Gasteiger partial charge in [0.2, 0.25) is 0 Å². The van der Waals surface area contributed by atoms with Gasteiger partial charge < -0.3 is 4.74 Å². The summed E-state index contributed by atoms with van der Waals surface area (Å²) in [5, 5.41) is 1.57. The van der Waals surface area contributed by atoms with E-state index in [1.807, 2.05) is 41.4 Å². The van der Waals surface area contributed by atoms with Crippen LogP contribution in [0.2, 0.25) is 18.1 Å². The lowest BCUT2D eigenvalue weighted by molar-refractivity contribution is 0.138. The van der Waals surface area contributed by atoms with Gasteiger partial charge in [0, 0.05) is 6.20 Å². The van der Waals surface area contributed by atoms with Gasteiger partial charge in [0.15, 0.2) is 0 Å². The third-order valence-corrected chi connectivity index (χ3v) is 12.8. The lowest BCUT2D eigenvalue weighted by Gasteiger charge is -2.45. The van der Waals surface area contributed by atoms with E-state index >= 15 is 0 Å². The van der Waals surface area contributed by atoms with Crippen LogP contribution in [0.3, 0.4) is 0 Å². The van der Waals surface area contributed by atoms with Gasteiger partial charge in [0.25, 0.3) is 0 Å². The smallest absolute Gasteiger partial charge is 0.410 e. The molecule has 28 heavy (non-hydrogen) atoms. The quantitative estimate of drug-likeness (QED) is 0.487. The normalized spacial score (nSPS) is 20.8. The number of carbonyl (C=O) groups excluding carboxylic acids is 1. The van der Waals surface area contributed by atoms with Crippen molar-refractivity contribution in [1.29, 1.82) is 0 Å². The van der Waals surface area contributed by atoms with Crippen molar-refractivity contribution in [3.05, 3.63) is 53.9 Å². The van der Waals surface area contributed by atoms with E-state index in [-0.39, 0.29) is 12.1 Å². The molecule has 1 amide bonds. The lowest BCUT2D eigenvalue weighted by Crippen LogP contribution is -2.52. The van der Waals surface area contributed by atoms with E-state index in [1.54, 1.807) is 5.20 Å². The van der Waals surface area contributed by atoms with Gasteiger partial charge in [-0.3, -0.25) is 4.90 Å². The molecule has 1 saturated carbocycles. The Morgan fingerprint density at radius 1 is 1.04 bits per heavy atom. The summed E-state index contributed by atoms with van der Waals surface area (Å²) >= 11 is 0. The van der Waals surface area contributed by atoms with Crippen LogP contribution in [0.5, 0.6) is 5.75 Å². The van der Waals surface area contributed by atoms with Crippen LogP contribution >= 0.6 is 0 Å². The Morgan fingerprint density at radius 3 is 2.29 bits per heavy atom. The first-order valence-corrected chi connectivity index (χ1v) is 13.7. The van der Waals surface area contributed by atoms with Crippen LogP contribution in [-0.2, 0) is 0 Å². The highest BCUT2D eigenvalue weighted by Gasteiger charge is 2.43. The molecule has 0 N–H and O–H groups in total. The lowest BCUT2D eigenvalue weighted by atomic mass is 9.82. The molecule has 4 heteroatoms. The Kier molecular flexibility index (Phi) is 7.17. The van der Waals surface area contributed by atoms with Crippen molar-refractivity contribution in [2.24, 2.45) is 5.92 Å². The molecule has 1 aliphatic carbocycles. The summed E-state index contributed by atoms with van der Waals surface area (Å²) in [5.74, 6) is 1.16. The minimum atomic E-state index is -1.58. The highest BCUT2D eigenvalue weighted by molar-refractivity contribution is 6.86. The van der Waals surface area contributed by atoms with Crippen LogP contribution in [0.4, 0.5) is 4.79 Å². The van der Waals surface area contributed by atoms with E-state index in [1.165, 1.54) is 50.2 Å². The van der Waals surface area contributed by atoms with Crippen LogP contribution in [0.1, 0.15) is 52.9 Å². The molecule has 1 unspecified atom stereocenters. The van der Waals surface area contributed by atoms with Gasteiger partial charge in [0.05, 0.1) is 14.1 Å². The predicted octanol–water partition coefficient (Wildman–Crippen LogP) is 6.94. The molecular weight excluding hydrogens is 362 g/mol. The fourth-order valence-electron chi connectivity index (χ4n) is 5.18. The van der Waals surface area contributed by atoms with Gasteiger partial charge >= 0.3 is 6.09 Å². The van der Waals surface area contributed by atoms with Gasteiger partial charge in [-0.2, -0.15) is 0 Å². The second kappa shape index (κ2) is 9.60. The van der Waals surface area contributed by atoms with Crippen LogP contribution < -0.4 is 4.74 Å². The average Bonchev–Trinajstić information content (AvgIpc) is 2.76. The number of para-hydroxylation sites is 1. The zero-order valence-corrected chi connectivity index (χ0v) is 18.7. The Balaban J connectivity index is 1.93. The third-order valence-electron chi connectivity index (χ3n) is 7.04. The van der Waals surface area contributed by atoms with Crippen molar-refractivity contribution in [3.63, 3.8) is 0 Å². The van der Waals surface area contributed by atoms with Crippen molar-refractivity contribution >= 4 is 14.2 Å². The fourth-order valence-corrected chi connectivity index (χ4v) is 9.36. The Hall–Kier alpha value is -1.81. The number of hydrogen-bond donors (Lipinski definition) is 0. The highest BCUT2D eigenvalue weighted by atomic mass is 28.3. The standard InChI is InChI=1S/C24H35NO2Si/c1-4-28(5-2,6-3)22-18-13-19-25(23(22)20-14-9-7-10-15-20)24(26)27-21-16-11-8-12-17-21/h8,11-13,16-20,23H,4-7,9-10,14-15H2,1-3H3. The summed E-state index contributed by atoms with van der Waals surface area (Å²) in [6.45, 7) is 7.05. The van der Waals surface area contributed by atoms with Crippen molar-refractivity contribution in [2.75, 3.05) is 0 Å². The molecule has 1 aromatic carbocycles. The molecule has 1 atom stereocenters. The van der Waals surface area contributed by atoms with Crippen LogP contribution in [0, 0.1) is 5.92 Å². The number of allylic oxidation sites excluding steroid dienone is 2. The van der Waals surface area contributed by atoms with E-state index in [0.717, 1.165) is 0 Å². The van der Waals surface area contributed by atoms with Crippen molar-refractivity contribution in [2.45, 2.75) is 77.0 Å². The van der Waals surface area contributed by atoms with Gasteiger partial charge in [-0.05, 0) is 37.0 Å². The molecule has 1 aliphatic heterocycles. The number of ether oxygens (including phenoxy) is 1. The second-order valence-corrected chi connectivity index (χ2v) is 13.5. The molecule has 0 bridgehead atoms. The summed E-state index contributed by atoms with van der Waals surface area (Å²) < 4.78 is 5.76. The summed E-state index contributed by atoms with van der Waals surface area (Å²) in [5.41, 5.74) is 0. The van der Waals surface area contributed by atoms with Crippen LogP contribution in [0.25, 0.3) is 0 Å². The fraction of sp³-hybridized carbons (Fsp3) is 0.542. The molecule has 0 saturated heterocycles. The number of nitrogens with zero attached hydrogens (tertiary/aromatic N) is 1. The minimum absolute atomic E-state index is 0.174. The topological polar surface area (TPSA) is 29.5 Å². The zero-order valence-electron chi connectivity index (χ0n) is 17.7. The summed E-state index contributed by atoms with van der Waals surface area (Å²) in [6, 6.07) is 13.3. The summed E-state index contributed by atoms with van der Waals surface area (Å²) in [7, 11) is -1.58. The molecule has 3 rings (SSSR count). The molecule has 152 valence electrons. The van der Waals surface area contributed by atoms with E-state index in [4.69, 9.17) is 4.74 Å². The van der Waals surface area contributed by atoms with Gasteiger partial charge in [-0.25, -0.2) is 4.79 Å². The average molecular weight is 398 g/mol. The predicted molar refractivity (Wildman–Crippen MR) is 119 cm³/mol. The maximum Gasteiger partial charge on any atom is 0.419 e. The molecule has 1 heterocycles. The molecular formula is C24H35NO2Si. The molecule has 1 fully saturated rings. The maximum atomic E-state index is 13.2. The van der Waals surface area contributed by atoms with Crippen molar-refractivity contribution < 1.29 is 9.53 Å². The Bertz CT molecular complexity index is 694. The van der Waals surface area contributed by atoms with E-state index < -0.39 is 8.07 Å². The zero-order chi connectivity index (χ0) is 20.0. The first kappa shape index (κ1) is 20.9. The van der Waals surface area contributed by atoms with Gasteiger partial charge in [-0.15, -0.1) is 0 Å². The van der Waals surface area contributed by atoms with Gasteiger partial charge in [-0.1, -0.05) is 87.6 Å². The van der Waals surface area contributed by atoms with Crippen molar-refractivity contribution in [3.8, 4) is 5.75 Å². The first-order valence-electron chi connectivity index (χ1n) is 11.1. The van der Waals surface area contributed by atoms with E-state index in [2.05, 4.69) is 32.9 Å². The summed E-state index contributed by atoms with van der Waals surface area (Å²) in [4.78, 5) is 15.1. The number of hydrogen-bond acceptors (Lipinski definition) is 2. The highest BCUT2D eigenvalue weighted by Crippen LogP contribution is 2.41. The molecule has 1 aromatic rings. The Labute approximate surface area is 171 Å².